The molecule has 0 aliphatic rings. The van der Waals surface area contributed by atoms with E-state index in [-0.39, 0.29) is 18.8 Å². The number of aliphatic carboxylic acids is 1. The Bertz CT molecular complexity index is 477. The van der Waals surface area contributed by atoms with Crippen LogP contribution in [0.4, 0.5) is 4.79 Å². The molecule has 0 radical (unpaired) electrons. The number of hydrogen-bond acceptors (Lipinski definition) is 6. The fraction of sp³-hybridized carbons (Fsp3) is 0.700. The molecule has 0 fully saturated rings. The van der Waals surface area contributed by atoms with E-state index >= 15 is 0 Å². The number of methoxy groups -OCH3 is 1. The van der Waals surface area contributed by atoms with Crippen molar-refractivity contribution >= 4 is 28.0 Å². The van der Waals surface area contributed by atoms with Gasteiger partial charge in [-0.1, -0.05) is 6.92 Å². The van der Waals surface area contributed by atoms with Crippen LogP contribution in [0.3, 0.4) is 0 Å². The molecule has 0 rings (SSSR count). The van der Waals surface area contributed by atoms with E-state index in [1.807, 2.05) is 5.32 Å². The molecule has 0 spiro atoms. The van der Waals surface area contributed by atoms with Crippen LogP contribution in [0, 0.1) is 0 Å². The van der Waals surface area contributed by atoms with Crippen LogP contribution in [-0.4, -0.2) is 63.5 Å². The number of esters is 1. The van der Waals surface area contributed by atoms with Crippen molar-refractivity contribution in [2.45, 2.75) is 19.4 Å². The van der Waals surface area contributed by atoms with Crippen molar-refractivity contribution in [3.05, 3.63) is 0 Å². The summed E-state index contributed by atoms with van der Waals surface area (Å²) in [5, 5.41) is 13.1. The number of amides is 2. The first-order valence-electron chi connectivity index (χ1n) is 6.03. The van der Waals surface area contributed by atoms with Gasteiger partial charge in [0, 0.05) is 13.1 Å². The van der Waals surface area contributed by atoms with Crippen LogP contribution in [0.2, 0.25) is 0 Å². The van der Waals surface area contributed by atoms with Gasteiger partial charge in [0.15, 0.2) is 0 Å². The van der Waals surface area contributed by atoms with Gasteiger partial charge in [0.2, 0.25) is 10.0 Å². The van der Waals surface area contributed by atoms with Gasteiger partial charge in [-0.25, -0.2) is 22.7 Å². The van der Waals surface area contributed by atoms with Crippen molar-refractivity contribution in [3.63, 3.8) is 0 Å². The Morgan fingerprint density at radius 2 is 1.90 bits per heavy atom. The minimum absolute atomic E-state index is 0.203. The number of hydrogen-bond donors (Lipinski definition) is 4. The smallest absolute Gasteiger partial charge is 0.326 e. The highest BCUT2D eigenvalue weighted by atomic mass is 32.2. The molecule has 10 nitrogen and oxygen atoms in total. The van der Waals surface area contributed by atoms with E-state index < -0.39 is 40.5 Å². The van der Waals surface area contributed by atoms with Crippen LogP contribution in [0.5, 0.6) is 0 Å². The van der Waals surface area contributed by atoms with Gasteiger partial charge >= 0.3 is 18.0 Å². The lowest BCUT2D eigenvalue weighted by molar-refractivity contribution is -0.147. The summed E-state index contributed by atoms with van der Waals surface area (Å²) in [6.07, 6.45) is -0.533. The third-order valence-electron chi connectivity index (χ3n) is 2.22. The zero-order valence-electron chi connectivity index (χ0n) is 11.7. The molecule has 122 valence electrons. The van der Waals surface area contributed by atoms with Crippen molar-refractivity contribution < 1.29 is 32.6 Å². The minimum atomic E-state index is -3.48. The molecule has 0 bridgehead atoms. The predicted molar refractivity (Wildman–Crippen MR) is 72.1 cm³/mol. The molecule has 0 saturated carbocycles. The Hall–Kier alpha value is -1.88. The third-order valence-corrected chi connectivity index (χ3v) is 3.69. The summed E-state index contributed by atoms with van der Waals surface area (Å²) >= 11 is 0. The molecule has 0 aromatic carbocycles. The molecule has 0 aliphatic carbocycles. The second-order valence-electron chi connectivity index (χ2n) is 3.89. The van der Waals surface area contributed by atoms with Gasteiger partial charge in [-0.2, -0.15) is 0 Å². The lowest BCUT2D eigenvalue weighted by atomic mass is 10.2. The van der Waals surface area contributed by atoms with Crippen molar-refractivity contribution in [2.75, 3.05) is 26.0 Å². The van der Waals surface area contributed by atoms with Crippen LogP contribution in [0.15, 0.2) is 0 Å². The highest BCUT2D eigenvalue weighted by molar-refractivity contribution is 7.89. The standard InChI is InChI=1S/C10H19N3O7S/c1-3-12-21(18,19)5-4-11-10(17)13-7(9(15)16)6-8(14)20-2/h7,12H,3-6H2,1-2H3,(H,15,16)(H2,11,13,17)/t7-/m0/s1. The number of carboxylic acids is 1. The van der Waals surface area contributed by atoms with E-state index in [9.17, 15) is 22.8 Å². The largest absolute Gasteiger partial charge is 0.480 e. The Balaban J connectivity index is 4.27. The first kappa shape index (κ1) is 19.1. The summed E-state index contributed by atoms with van der Waals surface area (Å²) < 4.78 is 29.1. The van der Waals surface area contributed by atoms with E-state index in [0.717, 1.165) is 7.11 Å². The van der Waals surface area contributed by atoms with E-state index in [1.54, 1.807) is 6.92 Å². The van der Waals surface area contributed by atoms with Crippen molar-refractivity contribution in [3.8, 4) is 0 Å². The summed E-state index contributed by atoms with van der Waals surface area (Å²) in [6, 6.07) is -2.35. The van der Waals surface area contributed by atoms with E-state index in [2.05, 4.69) is 14.8 Å². The van der Waals surface area contributed by atoms with Crippen LogP contribution in [0.25, 0.3) is 0 Å². The van der Waals surface area contributed by atoms with Crippen LogP contribution < -0.4 is 15.4 Å². The molecule has 2 amide bonds. The number of ether oxygens (including phenoxy) is 1. The average Bonchev–Trinajstić information content (AvgIpc) is 2.37. The van der Waals surface area contributed by atoms with Crippen molar-refractivity contribution in [1.29, 1.82) is 0 Å². The van der Waals surface area contributed by atoms with Gasteiger partial charge in [0.1, 0.15) is 6.04 Å². The summed E-state index contributed by atoms with van der Waals surface area (Å²) in [6.45, 7) is 1.64. The van der Waals surface area contributed by atoms with E-state index in [0.29, 0.717) is 0 Å². The van der Waals surface area contributed by atoms with Crippen molar-refractivity contribution in [1.82, 2.24) is 15.4 Å². The second-order valence-corrected chi connectivity index (χ2v) is 5.81. The molecule has 21 heavy (non-hydrogen) atoms. The maximum atomic E-state index is 11.4. The zero-order chi connectivity index (χ0) is 16.5. The molecule has 0 heterocycles. The SMILES string of the molecule is CCNS(=O)(=O)CCNC(=O)N[C@@H](CC(=O)OC)C(=O)O. The van der Waals surface area contributed by atoms with E-state index in [4.69, 9.17) is 5.11 Å². The average molecular weight is 325 g/mol. The van der Waals surface area contributed by atoms with Crippen LogP contribution >= 0.6 is 0 Å². The molecule has 1 atom stereocenters. The summed E-state index contributed by atoms with van der Waals surface area (Å²) in [4.78, 5) is 33.2. The van der Waals surface area contributed by atoms with Gasteiger partial charge in [-0.15, -0.1) is 0 Å². The monoisotopic (exact) mass is 325 g/mol. The number of carbonyl (C=O) groups is 3. The highest BCUT2D eigenvalue weighted by Crippen LogP contribution is 1.95. The minimum Gasteiger partial charge on any atom is -0.480 e. The number of rotatable bonds is 9. The molecule has 4 N–H and O–H groups in total. The molecule has 0 saturated heterocycles. The fourth-order valence-electron chi connectivity index (χ4n) is 1.25. The maximum absolute atomic E-state index is 11.4. The van der Waals surface area contributed by atoms with Gasteiger partial charge < -0.3 is 20.5 Å². The van der Waals surface area contributed by atoms with Gasteiger partial charge in [0.05, 0.1) is 19.3 Å². The Labute approximate surface area is 122 Å². The molecule has 0 aromatic rings. The topological polar surface area (TPSA) is 151 Å². The number of sulfonamides is 1. The Kier molecular flexibility index (Phi) is 8.31. The van der Waals surface area contributed by atoms with Gasteiger partial charge in [-0.3, -0.25) is 4.79 Å². The third kappa shape index (κ3) is 8.81. The normalized spacial score (nSPS) is 12.3. The summed E-state index contributed by atoms with van der Waals surface area (Å²) in [5.41, 5.74) is 0. The van der Waals surface area contributed by atoms with Crippen LogP contribution in [-0.2, 0) is 24.3 Å². The Morgan fingerprint density at radius 3 is 2.38 bits per heavy atom. The summed E-state index contributed by atoms with van der Waals surface area (Å²) in [7, 11) is -2.39. The number of carboxylic acid groups (broad SMARTS) is 1. The molecular formula is C10H19N3O7S. The van der Waals surface area contributed by atoms with Crippen molar-refractivity contribution in [2.24, 2.45) is 0 Å². The lowest BCUT2D eigenvalue weighted by Gasteiger charge is -2.14. The highest BCUT2D eigenvalue weighted by Gasteiger charge is 2.23. The first-order chi connectivity index (χ1) is 9.71. The maximum Gasteiger partial charge on any atom is 0.326 e. The fourth-order valence-corrected chi connectivity index (χ4v) is 2.21. The Morgan fingerprint density at radius 1 is 1.29 bits per heavy atom. The number of carbonyl (C=O) groups excluding carboxylic acids is 2. The molecule has 0 aromatic heterocycles. The molecular weight excluding hydrogens is 306 g/mol. The lowest BCUT2D eigenvalue weighted by Crippen LogP contribution is -2.48. The predicted octanol–water partition coefficient (Wildman–Crippen LogP) is -1.76. The van der Waals surface area contributed by atoms with E-state index in [1.165, 1.54) is 0 Å². The molecule has 0 aliphatic heterocycles. The molecule has 0 unspecified atom stereocenters. The van der Waals surface area contributed by atoms with Gasteiger partial charge in [0.25, 0.3) is 0 Å². The van der Waals surface area contributed by atoms with Gasteiger partial charge in [-0.05, 0) is 0 Å². The quantitative estimate of drug-likeness (QED) is 0.367. The zero-order valence-corrected chi connectivity index (χ0v) is 12.5. The summed E-state index contributed by atoms with van der Waals surface area (Å²) in [5.74, 6) is -2.54. The first-order valence-corrected chi connectivity index (χ1v) is 7.68. The van der Waals surface area contributed by atoms with Crippen LogP contribution in [0.1, 0.15) is 13.3 Å². The second kappa shape index (κ2) is 9.13. The number of nitrogens with one attached hydrogen (secondary N) is 3. The molecule has 11 heteroatoms. The number of urea groups is 1.